The molecule has 0 aliphatic heterocycles. The fourth-order valence-electron chi connectivity index (χ4n) is 1.37. The van der Waals surface area contributed by atoms with Gasteiger partial charge in [-0.2, -0.15) is 10.4 Å². The van der Waals surface area contributed by atoms with Gasteiger partial charge < -0.3 is 4.74 Å². The highest BCUT2D eigenvalue weighted by Gasteiger charge is 2.10. The number of aromatic nitrogens is 3. The third-order valence-corrected chi connectivity index (χ3v) is 2.22. The molecule has 0 unspecified atom stereocenters. The van der Waals surface area contributed by atoms with Crippen molar-refractivity contribution in [2.45, 2.75) is 6.92 Å². The highest BCUT2D eigenvalue weighted by atomic mass is 16.5. The summed E-state index contributed by atoms with van der Waals surface area (Å²) in [5.74, 6) is -0.412. The molecular formula is C12H10N4O2. The number of carbonyl (C=O) groups is 1. The molecule has 0 aliphatic rings. The number of hydrogen-bond donors (Lipinski definition) is 0. The zero-order valence-electron chi connectivity index (χ0n) is 9.70. The molecule has 2 heterocycles. The first-order valence-corrected chi connectivity index (χ1v) is 5.33. The lowest BCUT2D eigenvalue weighted by molar-refractivity contribution is 0.0526. The molecule has 6 nitrogen and oxygen atoms in total. The van der Waals surface area contributed by atoms with Gasteiger partial charge in [-0.15, -0.1) is 0 Å². The Bertz CT molecular complexity index is 595. The van der Waals surface area contributed by atoms with Crippen LogP contribution in [-0.2, 0) is 4.74 Å². The molecule has 18 heavy (non-hydrogen) atoms. The van der Waals surface area contributed by atoms with E-state index >= 15 is 0 Å². The van der Waals surface area contributed by atoms with Gasteiger partial charge in [-0.05, 0) is 19.1 Å². The van der Waals surface area contributed by atoms with E-state index in [-0.39, 0.29) is 0 Å². The minimum absolute atomic E-state index is 0.322. The van der Waals surface area contributed by atoms with Gasteiger partial charge >= 0.3 is 5.97 Å². The molecular weight excluding hydrogens is 232 g/mol. The quantitative estimate of drug-likeness (QED) is 0.758. The number of pyridine rings is 1. The van der Waals surface area contributed by atoms with Gasteiger partial charge in [0.05, 0.1) is 30.3 Å². The number of nitriles is 1. The van der Waals surface area contributed by atoms with Gasteiger partial charge in [-0.1, -0.05) is 0 Å². The lowest BCUT2D eigenvalue weighted by atomic mass is 10.3. The first-order chi connectivity index (χ1) is 8.74. The minimum atomic E-state index is -0.412. The molecule has 0 N–H and O–H groups in total. The zero-order valence-corrected chi connectivity index (χ0v) is 9.70. The molecule has 0 aliphatic carbocycles. The monoisotopic (exact) mass is 242 g/mol. The molecule has 6 heteroatoms. The fraction of sp³-hybridized carbons (Fsp3) is 0.167. The number of ether oxygens (including phenoxy) is 1. The van der Waals surface area contributed by atoms with Crippen molar-refractivity contribution in [1.29, 1.82) is 5.26 Å². The molecule has 90 valence electrons. The van der Waals surface area contributed by atoms with Crippen molar-refractivity contribution in [3.63, 3.8) is 0 Å². The Kier molecular flexibility index (Phi) is 3.34. The average molecular weight is 242 g/mol. The minimum Gasteiger partial charge on any atom is -0.462 e. The Balaban J connectivity index is 2.24. The van der Waals surface area contributed by atoms with Crippen LogP contribution in [0.5, 0.6) is 0 Å². The molecule has 2 aromatic rings. The van der Waals surface area contributed by atoms with Gasteiger partial charge in [-0.25, -0.2) is 14.5 Å². The number of carbonyl (C=O) groups excluding carboxylic acids is 1. The maximum absolute atomic E-state index is 11.5. The predicted molar refractivity (Wildman–Crippen MR) is 62.0 cm³/mol. The van der Waals surface area contributed by atoms with Crippen molar-refractivity contribution in [2.24, 2.45) is 0 Å². The zero-order chi connectivity index (χ0) is 13.0. The number of nitrogens with zero attached hydrogens (tertiary/aromatic N) is 4. The van der Waals surface area contributed by atoms with Gasteiger partial charge in [-0.3, -0.25) is 0 Å². The van der Waals surface area contributed by atoms with E-state index in [0.717, 1.165) is 0 Å². The van der Waals surface area contributed by atoms with Crippen LogP contribution in [0.2, 0.25) is 0 Å². The van der Waals surface area contributed by atoms with Gasteiger partial charge in [0.1, 0.15) is 11.8 Å². The molecule has 0 bridgehead atoms. The van der Waals surface area contributed by atoms with E-state index < -0.39 is 5.97 Å². The van der Waals surface area contributed by atoms with Gasteiger partial charge in [0.15, 0.2) is 0 Å². The van der Waals surface area contributed by atoms with E-state index in [2.05, 4.69) is 10.1 Å². The summed E-state index contributed by atoms with van der Waals surface area (Å²) in [5, 5.41) is 12.7. The summed E-state index contributed by atoms with van der Waals surface area (Å²) in [7, 11) is 0. The van der Waals surface area contributed by atoms with Crippen LogP contribution in [0.25, 0.3) is 5.69 Å². The van der Waals surface area contributed by atoms with E-state index in [9.17, 15) is 4.79 Å². The van der Waals surface area contributed by atoms with Crippen molar-refractivity contribution < 1.29 is 9.53 Å². The van der Waals surface area contributed by atoms with Gasteiger partial charge in [0, 0.05) is 6.20 Å². The summed E-state index contributed by atoms with van der Waals surface area (Å²) in [4.78, 5) is 15.4. The van der Waals surface area contributed by atoms with Gasteiger partial charge in [0.25, 0.3) is 0 Å². The van der Waals surface area contributed by atoms with E-state index in [1.54, 1.807) is 25.3 Å². The maximum Gasteiger partial charge on any atom is 0.341 e. The van der Waals surface area contributed by atoms with Crippen LogP contribution in [-0.4, -0.2) is 27.3 Å². The highest BCUT2D eigenvalue weighted by molar-refractivity contribution is 5.88. The van der Waals surface area contributed by atoms with Crippen LogP contribution in [0.1, 0.15) is 23.0 Å². The second kappa shape index (κ2) is 5.10. The van der Waals surface area contributed by atoms with E-state index in [1.807, 2.05) is 6.07 Å². The smallest absolute Gasteiger partial charge is 0.341 e. The van der Waals surface area contributed by atoms with Crippen LogP contribution >= 0.6 is 0 Å². The first-order valence-electron chi connectivity index (χ1n) is 5.33. The van der Waals surface area contributed by atoms with Crippen LogP contribution < -0.4 is 0 Å². The SMILES string of the molecule is CCOC(=O)c1cnn(-c2ccc(C#N)nc2)c1. The summed E-state index contributed by atoms with van der Waals surface area (Å²) in [6.07, 6.45) is 4.50. The highest BCUT2D eigenvalue weighted by Crippen LogP contribution is 2.08. The molecule has 0 atom stereocenters. The van der Waals surface area contributed by atoms with Crippen LogP contribution in [0.4, 0.5) is 0 Å². The fourth-order valence-corrected chi connectivity index (χ4v) is 1.37. The van der Waals surface area contributed by atoms with Crippen molar-refractivity contribution in [3.05, 3.63) is 42.0 Å². The summed E-state index contributed by atoms with van der Waals surface area (Å²) >= 11 is 0. The Morgan fingerprint density at radius 3 is 2.94 bits per heavy atom. The summed E-state index contributed by atoms with van der Waals surface area (Å²) in [6.45, 7) is 2.06. The first kappa shape index (κ1) is 11.8. The average Bonchev–Trinajstić information content (AvgIpc) is 2.89. The third-order valence-electron chi connectivity index (χ3n) is 2.22. The molecule has 0 saturated heterocycles. The Labute approximate surface area is 103 Å². The molecule has 2 rings (SSSR count). The summed E-state index contributed by atoms with van der Waals surface area (Å²) < 4.78 is 6.36. The summed E-state index contributed by atoms with van der Waals surface area (Å²) in [6, 6.07) is 5.22. The lowest BCUT2D eigenvalue weighted by Gasteiger charge is -1.99. The number of rotatable bonds is 3. The Morgan fingerprint density at radius 1 is 1.50 bits per heavy atom. The standard InChI is InChI=1S/C12H10N4O2/c1-2-18-12(17)9-6-15-16(8-9)11-4-3-10(5-13)14-7-11/h3-4,6-8H,2H2,1H3. The normalized spacial score (nSPS) is 9.78. The van der Waals surface area contributed by atoms with Gasteiger partial charge in [0.2, 0.25) is 0 Å². The largest absolute Gasteiger partial charge is 0.462 e. The van der Waals surface area contributed by atoms with E-state index in [4.69, 9.17) is 10.00 Å². The lowest BCUT2D eigenvalue weighted by Crippen LogP contribution is -2.03. The van der Waals surface area contributed by atoms with Crippen molar-refractivity contribution in [3.8, 4) is 11.8 Å². The second-order valence-electron chi connectivity index (χ2n) is 3.41. The summed E-state index contributed by atoms with van der Waals surface area (Å²) in [5.41, 5.74) is 1.38. The molecule has 2 aromatic heterocycles. The molecule has 0 amide bonds. The van der Waals surface area contributed by atoms with Crippen LogP contribution in [0.3, 0.4) is 0 Å². The van der Waals surface area contributed by atoms with Crippen LogP contribution in [0.15, 0.2) is 30.7 Å². The second-order valence-corrected chi connectivity index (χ2v) is 3.41. The Hall–Kier alpha value is -2.68. The van der Waals surface area contributed by atoms with Crippen LogP contribution in [0, 0.1) is 11.3 Å². The van der Waals surface area contributed by atoms with Crippen molar-refractivity contribution >= 4 is 5.97 Å². The number of hydrogen-bond acceptors (Lipinski definition) is 5. The Morgan fingerprint density at radius 2 is 2.33 bits per heavy atom. The topological polar surface area (TPSA) is 80.8 Å². The molecule has 0 aromatic carbocycles. The van der Waals surface area contributed by atoms with Crippen molar-refractivity contribution in [1.82, 2.24) is 14.8 Å². The molecule has 0 radical (unpaired) electrons. The molecule has 0 saturated carbocycles. The molecule has 0 fully saturated rings. The maximum atomic E-state index is 11.5. The van der Waals surface area contributed by atoms with Crippen molar-refractivity contribution in [2.75, 3.05) is 6.61 Å². The number of esters is 1. The molecule has 0 spiro atoms. The van der Waals surface area contributed by atoms with E-state index in [1.165, 1.54) is 17.1 Å². The predicted octanol–water partition coefficient (Wildman–Crippen LogP) is 1.32. The third kappa shape index (κ3) is 2.35. The van der Waals surface area contributed by atoms with E-state index in [0.29, 0.717) is 23.6 Å².